The maximum absolute atomic E-state index is 12.3. The second-order valence-corrected chi connectivity index (χ2v) is 5.26. The van der Waals surface area contributed by atoms with Crippen molar-refractivity contribution in [2.24, 2.45) is 5.73 Å². The molecule has 1 saturated heterocycles. The Morgan fingerprint density at radius 2 is 1.65 bits per heavy atom. The van der Waals surface area contributed by atoms with Gasteiger partial charge in [0.15, 0.2) is 0 Å². The summed E-state index contributed by atoms with van der Waals surface area (Å²) in [6, 6.07) is 7.91. The van der Waals surface area contributed by atoms with Crippen molar-refractivity contribution in [1.29, 1.82) is 0 Å². The van der Waals surface area contributed by atoms with Crippen molar-refractivity contribution in [3.05, 3.63) is 29.8 Å². The Kier molecular flexibility index (Phi) is 4.55. The Morgan fingerprint density at radius 3 is 2.10 bits per heavy atom. The summed E-state index contributed by atoms with van der Waals surface area (Å²) >= 11 is 0. The van der Waals surface area contributed by atoms with Crippen LogP contribution < -0.4 is 10.6 Å². The van der Waals surface area contributed by atoms with E-state index in [0.717, 1.165) is 11.3 Å². The first-order valence-electron chi connectivity index (χ1n) is 6.75. The molecule has 1 aromatic carbocycles. The molecule has 3 nitrogen and oxygen atoms in total. The van der Waals surface area contributed by atoms with E-state index in [1.54, 1.807) is 0 Å². The van der Waals surface area contributed by atoms with Gasteiger partial charge in [-0.2, -0.15) is 13.2 Å². The van der Waals surface area contributed by atoms with Gasteiger partial charge in [-0.3, -0.25) is 4.90 Å². The second-order valence-electron chi connectivity index (χ2n) is 5.26. The van der Waals surface area contributed by atoms with Gasteiger partial charge in [-0.05, 0) is 24.6 Å². The summed E-state index contributed by atoms with van der Waals surface area (Å²) < 4.78 is 36.9. The lowest BCUT2D eigenvalue weighted by molar-refractivity contribution is -0.146. The molecular formula is C14H20F3N3. The quantitative estimate of drug-likeness (QED) is 0.926. The Labute approximate surface area is 117 Å². The van der Waals surface area contributed by atoms with Gasteiger partial charge in [0.1, 0.15) is 0 Å². The number of nitrogens with two attached hydrogens (primary N) is 1. The van der Waals surface area contributed by atoms with Crippen molar-refractivity contribution >= 4 is 5.69 Å². The summed E-state index contributed by atoms with van der Waals surface area (Å²) in [5, 5.41) is 0. The molecule has 0 amide bonds. The van der Waals surface area contributed by atoms with Crippen molar-refractivity contribution in [2.75, 3.05) is 37.6 Å². The molecule has 0 aliphatic carbocycles. The fourth-order valence-electron chi connectivity index (χ4n) is 2.41. The van der Waals surface area contributed by atoms with E-state index in [4.69, 9.17) is 5.73 Å². The zero-order chi connectivity index (χ0) is 14.8. The van der Waals surface area contributed by atoms with Crippen molar-refractivity contribution in [3.8, 4) is 0 Å². The van der Waals surface area contributed by atoms with Crippen molar-refractivity contribution in [1.82, 2.24) is 4.90 Å². The van der Waals surface area contributed by atoms with E-state index in [9.17, 15) is 13.2 Å². The number of hydrogen-bond donors (Lipinski definition) is 1. The molecule has 0 unspecified atom stereocenters. The maximum atomic E-state index is 12.3. The molecule has 1 heterocycles. The molecule has 1 aromatic rings. The first kappa shape index (κ1) is 15.1. The van der Waals surface area contributed by atoms with Crippen LogP contribution in [0.1, 0.15) is 18.5 Å². The summed E-state index contributed by atoms with van der Waals surface area (Å²) in [5.74, 6) is 0. The lowest BCUT2D eigenvalue weighted by atomic mass is 10.1. The minimum atomic E-state index is -4.11. The average molecular weight is 287 g/mol. The molecule has 2 rings (SSSR count). The Bertz CT molecular complexity index is 420. The topological polar surface area (TPSA) is 32.5 Å². The predicted molar refractivity (Wildman–Crippen MR) is 73.8 cm³/mol. The SMILES string of the molecule is C[C@@H](N)c1ccc(N2CCN(CC(F)(F)F)CC2)cc1. The van der Waals surface area contributed by atoms with Crippen LogP contribution in [0.5, 0.6) is 0 Å². The number of alkyl halides is 3. The van der Waals surface area contributed by atoms with Gasteiger partial charge in [0, 0.05) is 37.9 Å². The Balaban J connectivity index is 1.90. The van der Waals surface area contributed by atoms with Gasteiger partial charge in [-0.25, -0.2) is 0 Å². The summed E-state index contributed by atoms with van der Waals surface area (Å²) in [4.78, 5) is 3.56. The van der Waals surface area contributed by atoms with Crippen LogP contribution in [0, 0.1) is 0 Å². The number of hydrogen-bond acceptors (Lipinski definition) is 3. The van der Waals surface area contributed by atoms with Crippen LogP contribution >= 0.6 is 0 Å². The fourth-order valence-corrected chi connectivity index (χ4v) is 2.41. The molecule has 0 saturated carbocycles. The molecular weight excluding hydrogens is 267 g/mol. The van der Waals surface area contributed by atoms with Crippen molar-refractivity contribution in [3.63, 3.8) is 0 Å². The highest BCUT2D eigenvalue weighted by Gasteiger charge is 2.32. The Morgan fingerprint density at radius 1 is 1.10 bits per heavy atom. The first-order chi connectivity index (χ1) is 9.35. The lowest BCUT2D eigenvalue weighted by Gasteiger charge is -2.36. The highest BCUT2D eigenvalue weighted by molar-refractivity contribution is 5.48. The van der Waals surface area contributed by atoms with Crippen LogP contribution in [-0.2, 0) is 0 Å². The number of benzene rings is 1. The molecule has 0 spiro atoms. The molecule has 1 aliphatic rings. The molecule has 20 heavy (non-hydrogen) atoms. The molecule has 0 aromatic heterocycles. The number of rotatable bonds is 3. The molecule has 0 bridgehead atoms. The van der Waals surface area contributed by atoms with Crippen LogP contribution in [0.4, 0.5) is 18.9 Å². The van der Waals surface area contributed by atoms with E-state index >= 15 is 0 Å². The second kappa shape index (κ2) is 6.01. The van der Waals surface area contributed by atoms with Gasteiger partial charge in [0.05, 0.1) is 6.54 Å². The lowest BCUT2D eigenvalue weighted by Crippen LogP contribution is -2.49. The summed E-state index contributed by atoms with van der Waals surface area (Å²) in [7, 11) is 0. The zero-order valence-corrected chi connectivity index (χ0v) is 11.5. The smallest absolute Gasteiger partial charge is 0.369 e. The monoisotopic (exact) mass is 287 g/mol. The summed E-state index contributed by atoms with van der Waals surface area (Å²) in [6.45, 7) is 3.22. The number of nitrogens with zero attached hydrogens (tertiary/aromatic N) is 2. The summed E-state index contributed by atoms with van der Waals surface area (Å²) in [5.41, 5.74) is 7.89. The van der Waals surface area contributed by atoms with Gasteiger partial charge in [-0.1, -0.05) is 12.1 Å². The predicted octanol–water partition coefficient (Wildman–Crippen LogP) is 2.39. The summed E-state index contributed by atoms with van der Waals surface area (Å²) in [6.07, 6.45) is -4.11. The minimum absolute atomic E-state index is 0.00678. The average Bonchev–Trinajstić information content (AvgIpc) is 2.38. The van der Waals surface area contributed by atoms with E-state index in [-0.39, 0.29) is 6.04 Å². The third-order valence-corrected chi connectivity index (χ3v) is 3.56. The van der Waals surface area contributed by atoms with E-state index in [0.29, 0.717) is 26.2 Å². The van der Waals surface area contributed by atoms with E-state index in [1.165, 1.54) is 4.90 Å². The largest absolute Gasteiger partial charge is 0.401 e. The number of piperazine rings is 1. The number of halogens is 3. The van der Waals surface area contributed by atoms with Gasteiger partial charge in [-0.15, -0.1) is 0 Å². The Hall–Kier alpha value is -1.27. The molecule has 2 N–H and O–H groups in total. The van der Waals surface area contributed by atoms with E-state index in [1.807, 2.05) is 31.2 Å². The van der Waals surface area contributed by atoms with Gasteiger partial charge >= 0.3 is 6.18 Å². The molecule has 0 radical (unpaired) electrons. The van der Waals surface area contributed by atoms with E-state index in [2.05, 4.69) is 4.90 Å². The normalized spacial score (nSPS) is 19.1. The molecule has 1 aliphatic heterocycles. The minimum Gasteiger partial charge on any atom is -0.369 e. The highest BCUT2D eigenvalue weighted by atomic mass is 19.4. The van der Waals surface area contributed by atoms with Crippen LogP contribution in [-0.4, -0.2) is 43.8 Å². The van der Waals surface area contributed by atoms with Crippen molar-refractivity contribution < 1.29 is 13.2 Å². The number of anilines is 1. The molecule has 112 valence electrons. The van der Waals surface area contributed by atoms with Crippen molar-refractivity contribution in [2.45, 2.75) is 19.1 Å². The first-order valence-corrected chi connectivity index (χ1v) is 6.75. The maximum Gasteiger partial charge on any atom is 0.401 e. The van der Waals surface area contributed by atoms with Crippen LogP contribution in [0.15, 0.2) is 24.3 Å². The molecule has 6 heteroatoms. The fraction of sp³-hybridized carbons (Fsp3) is 0.571. The molecule has 1 atom stereocenters. The highest BCUT2D eigenvalue weighted by Crippen LogP contribution is 2.21. The third-order valence-electron chi connectivity index (χ3n) is 3.56. The zero-order valence-electron chi connectivity index (χ0n) is 11.5. The standard InChI is InChI=1S/C14H20F3N3/c1-11(18)12-2-4-13(5-3-12)20-8-6-19(7-9-20)10-14(15,16)17/h2-5,11H,6-10,18H2,1H3/t11-/m1/s1. The van der Waals surface area contributed by atoms with Crippen LogP contribution in [0.3, 0.4) is 0 Å². The molecule has 1 fully saturated rings. The van der Waals surface area contributed by atoms with Crippen LogP contribution in [0.25, 0.3) is 0 Å². The van der Waals surface area contributed by atoms with Gasteiger partial charge < -0.3 is 10.6 Å². The van der Waals surface area contributed by atoms with Gasteiger partial charge in [0.2, 0.25) is 0 Å². The van der Waals surface area contributed by atoms with Crippen LogP contribution in [0.2, 0.25) is 0 Å². The van der Waals surface area contributed by atoms with Gasteiger partial charge in [0.25, 0.3) is 0 Å². The van der Waals surface area contributed by atoms with E-state index < -0.39 is 12.7 Å². The third kappa shape index (κ3) is 4.11.